The number of allylic oxidation sites excluding steroid dienone is 5. The molecule has 1 heterocycles. The minimum Gasteiger partial charge on any atom is -0.456 e. The van der Waals surface area contributed by atoms with Crippen LogP contribution in [0.25, 0.3) is 67.8 Å². The molecule has 0 atom stereocenters. The second kappa shape index (κ2) is 14.8. The first-order chi connectivity index (χ1) is 25.7. The molecule has 0 saturated heterocycles. The van der Waals surface area contributed by atoms with Crippen LogP contribution in [0.15, 0.2) is 132 Å². The van der Waals surface area contributed by atoms with E-state index in [0.717, 1.165) is 23.2 Å². The van der Waals surface area contributed by atoms with E-state index in [1.165, 1.54) is 82.4 Å². The average Bonchev–Trinajstić information content (AvgIpc) is 3.61. The minimum absolute atomic E-state index is 0.203. The molecule has 5 aromatic carbocycles. The van der Waals surface area contributed by atoms with Gasteiger partial charge in [0.2, 0.25) is 0 Å². The number of rotatable bonds is 6. The van der Waals surface area contributed by atoms with Crippen molar-refractivity contribution in [2.24, 2.45) is 0 Å². The van der Waals surface area contributed by atoms with Crippen molar-refractivity contribution >= 4 is 45.5 Å². The average molecular weight is 691 g/mol. The molecule has 0 radical (unpaired) electrons. The zero-order valence-corrected chi connectivity index (χ0v) is 32.5. The number of hydrogen-bond acceptors (Lipinski definition) is 1. The topological polar surface area (TPSA) is 13.1 Å². The Morgan fingerprint density at radius 3 is 2.17 bits per heavy atom. The third-order valence-electron chi connectivity index (χ3n) is 11.2. The van der Waals surface area contributed by atoms with Gasteiger partial charge in [0.05, 0.1) is 0 Å². The lowest BCUT2D eigenvalue weighted by Crippen LogP contribution is -2.28. The van der Waals surface area contributed by atoms with Crippen LogP contribution >= 0.6 is 0 Å². The van der Waals surface area contributed by atoms with Gasteiger partial charge in [-0.25, -0.2) is 0 Å². The second-order valence-electron chi connectivity index (χ2n) is 14.7. The fourth-order valence-corrected chi connectivity index (χ4v) is 8.45. The molecule has 0 amide bonds. The highest BCUT2D eigenvalue weighted by molar-refractivity contribution is 6.17. The van der Waals surface area contributed by atoms with Crippen molar-refractivity contribution in [3.8, 4) is 22.3 Å². The molecule has 0 N–H and O–H groups in total. The summed E-state index contributed by atoms with van der Waals surface area (Å²) in [6.07, 6.45) is 16.3. The van der Waals surface area contributed by atoms with Gasteiger partial charge in [-0.2, -0.15) is 0 Å². The second-order valence-corrected chi connectivity index (χ2v) is 14.7. The lowest BCUT2D eigenvalue weighted by molar-refractivity contribution is 0.603. The summed E-state index contributed by atoms with van der Waals surface area (Å²) in [7, 11) is 0. The molecule has 6 aromatic rings. The van der Waals surface area contributed by atoms with Crippen molar-refractivity contribution in [2.75, 3.05) is 0 Å². The van der Waals surface area contributed by atoms with Crippen LogP contribution in [0.5, 0.6) is 0 Å². The summed E-state index contributed by atoms with van der Waals surface area (Å²) in [5.74, 6) is 0.938. The van der Waals surface area contributed by atoms with Crippen molar-refractivity contribution < 1.29 is 4.42 Å². The summed E-state index contributed by atoms with van der Waals surface area (Å²) >= 11 is 0. The molecule has 0 saturated carbocycles. The van der Waals surface area contributed by atoms with Crippen molar-refractivity contribution in [1.29, 1.82) is 0 Å². The lowest BCUT2D eigenvalue weighted by atomic mass is 9.79. The van der Waals surface area contributed by atoms with E-state index < -0.39 is 0 Å². The number of hydrogen-bond donors (Lipinski definition) is 0. The third kappa shape index (κ3) is 6.29. The zero-order valence-electron chi connectivity index (χ0n) is 32.5. The van der Waals surface area contributed by atoms with E-state index in [1.807, 2.05) is 0 Å². The van der Waals surface area contributed by atoms with E-state index in [9.17, 15) is 0 Å². The molecule has 1 aromatic heterocycles. The lowest BCUT2D eigenvalue weighted by Gasteiger charge is -2.23. The van der Waals surface area contributed by atoms with Crippen LogP contribution in [0, 0.1) is 13.8 Å². The number of aryl methyl sites for hydroxylation is 2. The standard InChI is InChI=1S/C52H50O/c1-9-22-47-36(6)48-50-49(43-29-20-21-30-44(43)51(48)53-47)45-33-38(31-32-46(45)52(50,7)8)42-28-15-13-12-14-27-41(39(10-2)40(42)11-3)35(5)24-17-19-26-37-25-18-16-23-34(37)4/h9-25,27-33H,26H2,1-8H3/b14-12?,15-13?,19-17-,22-9-,35-24+,39-10+,40-11?,41-27?,42-28?. The van der Waals surface area contributed by atoms with Gasteiger partial charge in [0, 0.05) is 21.8 Å². The molecular formula is C52H50O. The number of fused-ring (bicyclic) bond motifs is 8. The summed E-state index contributed by atoms with van der Waals surface area (Å²) in [4.78, 5) is 0. The molecule has 0 spiro atoms. The Bertz CT molecular complexity index is 2670. The Balaban J connectivity index is 1.45. The predicted octanol–water partition coefficient (Wildman–Crippen LogP) is 13.1. The van der Waals surface area contributed by atoms with Gasteiger partial charge in [-0.1, -0.05) is 147 Å². The normalized spacial score (nSPS) is 14.5. The van der Waals surface area contributed by atoms with Crippen molar-refractivity contribution in [2.45, 2.75) is 67.2 Å². The summed E-state index contributed by atoms with van der Waals surface area (Å²) in [5.41, 5.74) is 14.9. The zero-order chi connectivity index (χ0) is 37.3. The van der Waals surface area contributed by atoms with Crippen LogP contribution in [0.4, 0.5) is 0 Å². The third-order valence-corrected chi connectivity index (χ3v) is 11.2. The van der Waals surface area contributed by atoms with Crippen molar-refractivity contribution in [3.05, 3.63) is 177 Å². The maximum Gasteiger partial charge on any atom is 0.143 e. The quantitative estimate of drug-likeness (QED) is 0.159. The van der Waals surface area contributed by atoms with E-state index in [-0.39, 0.29) is 5.41 Å². The minimum atomic E-state index is -0.203. The van der Waals surface area contributed by atoms with Gasteiger partial charge in [-0.3, -0.25) is 0 Å². The molecule has 0 bridgehead atoms. The largest absolute Gasteiger partial charge is 0.456 e. The summed E-state index contributed by atoms with van der Waals surface area (Å²) in [6, 6.07) is 37.6. The van der Waals surface area contributed by atoms with E-state index >= 15 is 0 Å². The summed E-state index contributed by atoms with van der Waals surface area (Å²) < 4.78 is 6.64. The molecule has 1 nitrogen and oxygen atoms in total. The van der Waals surface area contributed by atoms with Crippen LogP contribution < -0.4 is 10.4 Å². The predicted molar refractivity (Wildman–Crippen MR) is 231 cm³/mol. The molecule has 1 aliphatic rings. The summed E-state index contributed by atoms with van der Waals surface area (Å²) in [5, 5.41) is 6.09. The maximum atomic E-state index is 6.64. The Labute approximate surface area is 315 Å². The van der Waals surface area contributed by atoms with Crippen LogP contribution in [0.1, 0.15) is 80.7 Å². The van der Waals surface area contributed by atoms with Crippen LogP contribution in [0.2, 0.25) is 0 Å². The van der Waals surface area contributed by atoms with Crippen LogP contribution in [-0.2, 0) is 11.8 Å². The first-order valence-electron chi connectivity index (χ1n) is 18.9. The smallest absolute Gasteiger partial charge is 0.143 e. The number of furan rings is 1. The molecule has 0 fully saturated rings. The first-order valence-corrected chi connectivity index (χ1v) is 18.9. The molecule has 1 heteroatoms. The molecule has 0 aliphatic heterocycles. The molecular weight excluding hydrogens is 641 g/mol. The Morgan fingerprint density at radius 1 is 0.736 bits per heavy atom. The van der Waals surface area contributed by atoms with E-state index in [1.54, 1.807) is 0 Å². The van der Waals surface area contributed by atoms with Gasteiger partial charge in [0.1, 0.15) is 11.3 Å². The Morgan fingerprint density at radius 2 is 1.43 bits per heavy atom. The fraction of sp³-hybridized carbons (Fsp3) is 0.192. The summed E-state index contributed by atoms with van der Waals surface area (Å²) in [6.45, 7) is 17.7. The van der Waals surface area contributed by atoms with Gasteiger partial charge in [0.25, 0.3) is 0 Å². The van der Waals surface area contributed by atoms with Crippen LogP contribution in [-0.4, -0.2) is 0 Å². The van der Waals surface area contributed by atoms with Gasteiger partial charge in [-0.05, 0) is 132 Å². The molecule has 0 unspecified atom stereocenters. The van der Waals surface area contributed by atoms with Crippen molar-refractivity contribution in [3.63, 3.8) is 0 Å². The Hall–Kier alpha value is -5.66. The highest BCUT2D eigenvalue weighted by Gasteiger charge is 2.40. The Kier molecular flexibility index (Phi) is 9.95. The van der Waals surface area contributed by atoms with E-state index in [0.29, 0.717) is 0 Å². The highest BCUT2D eigenvalue weighted by Crippen LogP contribution is 2.56. The maximum absolute atomic E-state index is 6.64. The molecule has 264 valence electrons. The monoisotopic (exact) mass is 690 g/mol. The number of benzene rings is 4. The van der Waals surface area contributed by atoms with Gasteiger partial charge < -0.3 is 4.42 Å². The molecule has 7 rings (SSSR count). The highest BCUT2D eigenvalue weighted by atomic mass is 16.3. The fourth-order valence-electron chi connectivity index (χ4n) is 8.45. The van der Waals surface area contributed by atoms with Gasteiger partial charge >= 0.3 is 0 Å². The van der Waals surface area contributed by atoms with E-state index in [2.05, 4.69) is 201 Å². The molecule has 53 heavy (non-hydrogen) atoms. The first kappa shape index (κ1) is 35.7. The van der Waals surface area contributed by atoms with E-state index in [4.69, 9.17) is 4.42 Å². The van der Waals surface area contributed by atoms with Crippen molar-refractivity contribution in [1.82, 2.24) is 0 Å². The van der Waals surface area contributed by atoms with Crippen LogP contribution in [0.3, 0.4) is 0 Å². The SMILES string of the molecule is CC=c1c(-c2ccc3c(c2)-c2c(c4c(C)c(/C=C\C)oc4c4ccccc24)C3(C)C)ccccccc(/C(C)=C/C=C\Cc2ccccc2C)/c1=C/C. The van der Waals surface area contributed by atoms with Gasteiger partial charge in [-0.15, -0.1) is 0 Å². The van der Waals surface area contributed by atoms with Gasteiger partial charge in [0.15, 0.2) is 0 Å². The molecule has 1 aliphatic carbocycles.